The molecule has 0 heterocycles. The number of carboxylic acid groups (broad SMARTS) is 1. The highest BCUT2D eigenvalue weighted by atomic mass is 16.5. The Balaban J connectivity index is 1.66. The zero-order chi connectivity index (χ0) is 18.8. The van der Waals surface area contributed by atoms with Crippen LogP contribution in [0.15, 0.2) is 72.8 Å². The predicted molar refractivity (Wildman–Crippen MR) is 107 cm³/mol. The number of fused-ring (bicyclic) bond motifs is 2. The van der Waals surface area contributed by atoms with E-state index in [1.165, 1.54) is 0 Å². The SMILES string of the molecule is COc1ccc2cc(C#Cc3ccc4cc(C(=O)O)ccc4c3)ccc2c1. The third kappa shape index (κ3) is 3.47. The monoisotopic (exact) mass is 352 g/mol. The van der Waals surface area contributed by atoms with Gasteiger partial charge in [-0.25, -0.2) is 4.79 Å². The molecule has 3 heteroatoms. The molecule has 0 aliphatic carbocycles. The van der Waals surface area contributed by atoms with E-state index in [9.17, 15) is 4.79 Å². The maximum atomic E-state index is 11.1. The predicted octanol–water partition coefficient (Wildman–Crippen LogP) is 5.10. The van der Waals surface area contributed by atoms with Gasteiger partial charge in [0.05, 0.1) is 12.7 Å². The van der Waals surface area contributed by atoms with E-state index < -0.39 is 5.97 Å². The van der Waals surface area contributed by atoms with E-state index in [0.717, 1.165) is 38.4 Å². The van der Waals surface area contributed by atoms with Crippen LogP contribution in [0.1, 0.15) is 21.5 Å². The molecule has 4 rings (SSSR count). The summed E-state index contributed by atoms with van der Waals surface area (Å²) in [7, 11) is 1.66. The van der Waals surface area contributed by atoms with E-state index in [1.54, 1.807) is 19.2 Å². The standard InChI is InChI=1S/C24H16O3/c1-27-23-11-10-19-13-17(5-7-21(19)15-23)3-2-16-4-6-20-14-22(24(25)26)9-8-18(20)12-16/h4-15H,1H3,(H,25,26). The average molecular weight is 352 g/mol. The minimum atomic E-state index is -0.922. The lowest BCUT2D eigenvalue weighted by Crippen LogP contribution is -1.95. The van der Waals surface area contributed by atoms with Crippen molar-refractivity contribution in [3.63, 3.8) is 0 Å². The van der Waals surface area contributed by atoms with E-state index in [-0.39, 0.29) is 5.56 Å². The van der Waals surface area contributed by atoms with Crippen molar-refractivity contribution in [3.05, 3.63) is 89.5 Å². The number of carboxylic acids is 1. The van der Waals surface area contributed by atoms with Crippen LogP contribution in [0.2, 0.25) is 0 Å². The first-order valence-electron chi connectivity index (χ1n) is 8.49. The molecular formula is C24H16O3. The van der Waals surface area contributed by atoms with E-state index in [0.29, 0.717) is 0 Å². The summed E-state index contributed by atoms with van der Waals surface area (Å²) < 4.78 is 5.25. The van der Waals surface area contributed by atoms with Gasteiger partial charge in [0.25, 0.3) is 0 Å². The normalized spacial score (nSPS) is 10.4. The molecule has 0 fully saturated rings. The Labute approximate surface area is 156 Å². The van der Waals surface area contributed by atoms with Gasteiger partial charge in [0.2, 0.25) is 0 Å². The van der Waals surface area contributed by atoms with Gasteiger partial charge in [0.15, 0.2) is 0 Å². The van der Waals surface area contributed by atoms with Crippen LogP contribution in [0.3, 0.4) is 0 Å². The van der Waals surface area contributed by atoms with Gasteiger partial charge in [-0.05, 0) is 70.1 Å². The quantitative estimate of drug-likeness (QED) is 0.511. The zero-order valence-corrected chi connectivity index (χ0v) is 14.7. The Kier molecular flexibility index (Phi) is 4.24. The van der Waals surface area contributed by atoms with Crippen molar-refractivity contribution < 1.29 is 14.6 Å². The van der Waals surface area contributed by atoms with Gasteiger partial charge in [-0.1, -0.05) is 36.1 Å². The lowest BCUT2D eigenvalue weighted by atomic mass is 10.0. The number of benzene rings is 4. The second-order valence-corrected chi connectivity index (χ2v) is 6.26. The Morgan fingerprint density at radius 2 is 1.26 bits per heavy atom. The molecule has 0 unspecified atom stereocenters. The molecule has 4 aromatic rings. The van der Waals surface area contributed by atoms with E-state index >= 15 is 0 Å². The molecule has 4 aromatic carbocycles. The molecule has 0 aliphatic heterocycles. The molecule has 130 valence electrons. The summed E-state index contributed by atoms with van der Waals surface area (Å²) in [5.74, 6) is 6.30. The maximum absolute atomic E-state index is 11.1. The Morgan fingerprint density at radius 1 is 0.741 bits per heavy atom. The van der Waals surface area contributed by atoms with Crippen molar-refractivity contribution in [2.45, 2.75) is 0 Å². The fourth-order valence-corrected chi connectivity index (χ4v) is 3.03. The Hall–Kier alpha value is -3.77. The number of ether oxygens (including phenoxy) is 1. The highest BCUT2D eigenvalue weighted by Crippen LogP contribution is 2.22. The van der Waals surface area contributed by atoms with Crippen LogP contribution in [0.5, 0.6) is 5.75 Å². The minimum Gasteiger partial charge on any atom is -0.497 e. The molecule has 0 saturated carbocycles. The van der Waals surface area contributed by atoms with Crippen LogP contribution in [0.25, 0.3) is 21.5 Å². The molecule has 0 radical (unpaired) electrons. The fraction of sp³-hybridized carbons (Fsp3) is 0.0417. The van der Waals surface area contributed by atoms with Crippen LogP contribution < -0.4 is 4.74 Å². The molecule has 0 aromatic heterocycles. The summed E-state index contributed by atoms with van der Waals surface area (Å²) in [4.78, 5) is 11.1. The van der Waals surface area contributed by atoms with Gasteiger partial charge in [0.1, 0.15) is 5.75 Å². The van der Waals surface area contributed by atoms with E-state index in [4.69, 9.17) is 9.84 Å². The van der Waals surface area contributed by atoms with Crippen LogP contribution in [-0.2, 0) is 0 Å². The first-order valence-corrected chi connectivity index (χ1v) is 8.49. The Morgan fingerprint density at radius 3 is 1.85 bits per heavy atom. The molecule has 27 heavy (non-hydrogen) atoms. The smallest absolute Gasteiger partial charge is 0.335 e. The Bertz CT molecular complexity index is 1240. The molecule has 0 saturated heterocycles. The number of aromatic carboxylic acids is 1. The highest BCUT2D eigenvalue weighted by Gasteiger charge is 2.03. The third-order valence-electron chi connectivity index (χ3n) is 4.49. The van der Waals surface area contributed by atoms with Crippen LogP contribution in [0, 0.1) is 11.8 Å². The number of rotatable bonds is 2. The van der Waals surface area contributed by atoms with Crippen molar-refractivity contribution in [2.75, 3.05) is 7.11 Å². The first-order chi connectivity index (χ1) is 13.1. The topological polar surface area (TPSA) is 46.5 Å². The van der Waals surface area contributed by atoms with E-state index in [2.05, 4.69) is 17.9 Å². The summed E-state index contributed by atoms with van der Waals surface area (Å²) in [5, 5.41) is 13.2. The van der Waals surface area contributed by atoms with Gasteiger partial charge < -0.3 is 9.84 Å². The van der Waals surface area contributed by atoms with Crippen molar-refractivity contribution >= 4 is 27.5 Å². The third-order valence-corrected chi connectivity index (χ3v) is 4.49. The molecule has 3 nitrogen and oxygen atoms in total. The number of hydrogen-bond acceptors (Lipinski definition) is 2. The van der Waals surface area contributed by atoms with Gasteiger partial charge in [-0.3, -0.25) is 0 Å². The number of hydrogen-bond donors (Lipinski definition) is 1. The maximum Gasteiger partial charge on any atom is 0.335 e. The van der Waals surface area contributed by atoms with Gasteiger partial charge >= 0.3 is 5.97 Å². The second kappa shape index (κ2) is 6.86. The zero-order valence-electron chi connectivity index (χ0n) is 14.7. The number of methoxy groups -OCH3 is 1. The molecule has 0 amide bonds. The summed E-state index contributed by atoms with van der Waals surface area (Å²) >= 11 is 0. The highest BCUT2D eigenvalue weighted by molar-refractivity contribution is 5.94. The summed E-state index contributed by atoms with van der Waals surface area (Å²) in [5.41, 5.74) is 2.11. The van der Waals surface area contributed by atoms with Gasteiger partial charge in [0, 0.05) is 11.1 Å². The lowest BCUT2D eigenvalue weighted by Gasteiger charge is -2.03. The summed E-state index contributed by atoms with van der Waals surface area (Å²) in [6, 6.07) is 22.9. The molecular weight excluding hydrogens is 336 g/mol. The molecule has 0 bridgehead atoms. The second-order valence-electron chi connectivity index (χ2n) is 6.26. The van der Waals surface area contributed by atoms with E-state index in [1.807, 2.05) is 54.6 Å². The van der Waals surface area contributed by atoms with Crippen LogP contribution in [0.4, 0.5) is 0 Å². The largest absolute Gasteiger partial charge is 0.497 e. The molecule has 0 spiro atoms. The number of carbonyl (C=O) groups is 1. The van der Waals surface area contributed by atoms with Crippen molar-refractivity contribution in [3.8, 4) is 17.6 Å². The molecule has 1 N–H and O–H groups in total. The first kappa shape index (κ1) is 16.7. The minimum absolute atomic E-state index is 0.286. The fourth-order valence-electron chi connectivity index (χ4n) is 3.03. The molecule has 0 aliphatic rings. The average Bonchev–Trinajstić information content (AvgIpc) is 2.71. The van der Waals surface area contributed by atoms with Gasteiger partial charge in [-0.15, -0.1) is 0 Å². The van der Waals surface area contributed by atoms with Crippen LogP contribution >= 0.6 is 0 Å². The summed E-state index contributed by atoms with van der Waals surface area (Å²) in [6.45, 7) is 0. The van der Waals surface area contributed by atoms with Crippen molar-refractivity contribution in [1.29, 1.82) is 0 Å². The molecule has 0 atom stereocenters. The van der Waals surface area contributed by atoms with Gasteiger partial charge in [-0.2, -0.15) is 0 Å². The van der Waals surface area contributed by atoms with Crippen LogP contribution in [-0.4, -0.2) is 18.2 Å². The van der Waals surface area contributed by atoms with Crippen molar-refractivity contribution in [1.82, 2.24) is 0 Å². The summed E-state index contributed by atoms with van der Waals surface area (Å²) in [6.07, 6.45) is 0. The van der Waals surface area contributed by atoms with Crippen molar-refractivity contribution in [2.24, 2.45) is 0 Å². The lowest BCUT2D eigenvalue weighted by molar-refractivity contribution is 0.0697.